The number of aromatic nitrogens is 1. The monoisotopic (exact) mass is 339 g/mol. The van der Waals surface area contributed by atoms with E-state index in [4.69, 9.17) is 0 Å². The Morgan fingerprint density at radius 3 is 2.64 bits per heavy atom. The first kappa shape index (κ1) is 15.9. The smallest absolute Gasteiger partial charge is 0.229 e. The van der Waals surface area contributed by atoms with Crippen LogP contribution in [0.15, 0.2) is 24.3 Å². The molecule has 6 heteroatoms. The number of fused-ring (bicyclic) bond motifs is 3. The van der Waals surface area contributed by atoms with Crippen molar-refractivity contribution in [2.75, 3.05) is 13.1 Å². The van der Waals surface area contributed by atoms with Crippen molar-refractivity contribution in [3.63, 3.8) is 0 Å². The zero-order valence-corrected chi connectivity index (χ0v) is 14.2. The van der Waals surface area contributed by atoms with Crippen molar-refractivity contribution in [2.24, 2.45) is 0 Å². The first-order valence-corrected chi connectivity index (χ1v) is 8.78. The molecule has 130 valence electrons. The first-order valence-electron chi connectivity index (χ1n) is 8.78. The second-order valence-electron chi connectivity index (χ2n) is 6.77. The summed E-state index contributed by atoms with van der Waals surface area (Å²) in [4.78, 5) is 42.5. The third kappa shape index (κ3) is 2.62. The van der Waals surface area contributed by atoms with Crippen molar-refractivity contribution in [3.8, 4) is 0 Å². The Bertz CT molecular complexity index is 854. The van der Waals surface area contributed by atoms with Crippen molar-refractivity contribution < 1.29 is 14.4 Å². The molecule has 4 rings (SSSR count). The molecule has 0 saturated carbocycles. The van der Waals surface area contributed by atoms with Crippen LogP contribution >= 0.6 is 0 Å². The van der Waals surface area contributed by atoms with Crippen LogP contribution < -0.4 is 0 Å². The summed E-state index contributed by atoms with van der Waals surface area (Å²) in [6, 6.07) is 8.16. The van der Waals surface area contributed by atoms with Crippen molar-refractivity contribution in [1.82, 2.24) is 14.8 Å². The number of para-hydroxylation sites is 1. The number of aromatic amines is 1. The van der Waals surface area contributed by atoms with Gasteiger partial charge >= 0.3 is 0 Å². The van der Waals surface area contributed by atoms with Crippen LogP contribution in [0.2, 0.25) is 0 Å². The molecule has 3 amide bonds. The number of hydrogen-bond donors (Lipinski definition) is 1. The van der Waals surface area contributed by atoms with Gasteiger partial charge in [-0.3, -0.25) is 19.3 Å². The topological polar surface area (TPSA) is 73.5 Å². The lowest BCUT2D eigenvalue weighted by Crippen LogP contribution is -2.41. The van der Waals surface area contributed by atoms with Crippen LogP contribution in [0, 0.1) is 0 Å². The van der Waals surface area contributed by atoms with Gasteiger partial charge in [0.05, 0.1) is 6.04 Å². The van der Waals surface area contributed by atoms with Gasteiger partial charge in [-0.15, -0.1) is 0 Å². The molecule has 0 bridgehead atoms. The van der Waals surface area contributed by atoms with Crippen molar-refractivity contribution in [3.05, 3.63) is 35.5 Å². The largest absolute Gasteiger partial charge is 0.356 e. The number of hydrogen-bond acceptors (Lipinski definition) is 3. The Morgan fingerprint density at radius 1 is 1.16 bits per heavy atom. The zero-order valence-electron chi connectivity index (χ0n) is 14.2. The van der Waals surface area contributed by atoms with E-state index in [1.165, 1.54) is 15.8 Å². The molecule has 0 spiro atoms. The van der Waals surface area contributed by atoms with Crippen LogP contribution in [-0.4, -0.2) is 45.6 Å². The molecule has 1 atom stereocenters. The minimum atomic E-state index is -0.164. The molecule has 2 aromatic rings. The lowest BCUT2D eigenvalue weighted by Gasteiger charge is -2.34. The quantitative estimate of drug-likeness (QED) is 0.871. The second kappa shape index (κ2) is 6.02. The number of benzene rings is 1. The average Bonchev–Trinajstić information content (AvgIpc) is 3.14. The highest BCUT2D eigenvalue weighted by atomic mass is 16.2. The van der Waals surface area contributed by atoms with E-state index in [1.807, 2.05) is 24.0 Å². The molecule has 1 N–H and O–H groups in total. The minimum absolute atomic E-state index is 0.00990. The summed E-state index contributed by atoms with van der Waals surface area (Å²) < 4.78 is 0. The Hall–Kier alpha value is -2.63. The summed E-state index contributed by atoms with van der Waals surface area (Å²) in [6.45, 7) is 2.88. The highest BCUT2D eigenvalue weighted by Gasteiger charge is 2.32. The molecule has 0 radical (unpaired) electrons. The summed E-state index contributed by atoms with van der Waals surface area (Å²) in [5.41, 5.74) is 3.48. The molecule has 0 unspecified atom stereocenters. The normalized spacial score (nSPS) is 20.4. The Morgan fingerprint density at radius 2 is 1.88 bits per heavy atom. The van der Waals surface area contributed by atoms with Crippen LogP contribution in [0.1, 0.15) is 43.5 Å². The summed E-state index contributed by atoms with van der Waals surface area (Å²) in [6.07, 6.45) is 1.55. The van der Waals surface area contributed by atoms with Gasteiger partial charge in [0.2, 0.25) is 17.7 Å². The second-order valence-corrected chi connectivity index (χ2v) is 6.77. The van der Waals surface area contributed by atoms with Crippen LogP contribution in [0.5, 0.6) is 0 Å². The predicted octanol–water partition coefficient (Wildman–Crippen LogP) is 2.15. The molecule has 1 aromatic carbocycles. The maximum absolute atomic E-state index is 12.7. The van der Waals surface area contributed by atoms with Crippen molar-refractivity contribution in [2.45, 2.75) is 38.6 Å². The third-order valence-electron chi connectivity index (χ3n) is 5.36. The SMILES string of the molecule is C[C@@H]1c2[nH]c3ccccc3c2CCN1C(=O)CCN1C(=O)CCC1=O. The maximum Gasteiger partial charge on any atom is 0.229 e. The van der Waals surface area contributed by atoms with E-state index in [0.717, 1.165) is 17.6 Å². The number of amides is 3. The number of likely N-dealkylation sites (tertiary alicyclic amines) is 1. The minimum Gasteiger partial charge on any atom is -0.356 e. The molecule has 2 aliphatic rings. The van der Waals surface area contributed by atoms with Crippen LogP contribution in [0.3, 0.4) is 0 Å². The van der Waals surface area contributed by atoms with E-state index in [1.54, 1.807) is 0 Å². The van der Waals surface area contributed by atoms with Gasteiger partial charge in [0, 0.05) is 48.9 Å². The third-order valence-corrected chi connectivity index (χ3v) is 5.36. The Labute approximate surface area is 145 Å². The van der Waals surface area contributed by atoms with Gasteiger partial charge in [-0.2, -0.15) is 0 Å². The van der Waals surface area contributed by atoms with Gasteiger partial charge in [0.15, 0.2) is 0 Å². The fourth-order valence-electron chi connectivity index (χ4n) is 3.99. The molecule has 6 nitrogen and oxygen atoms in total. The van der Waals surface area contributed by atoms with Gasteiger partial charge in [-0.05, 0) is 25.0 Å². The number of H-pyrrole nitrogens is 1. The molecule has 1 saturated heterocycles. The Balaban J connectivity index is 1.49. The van der Waals surface area contributed by atoms with Crippen molar-refractivity contribution >= 4 is 28.6 Å². The van der Waals surface area contributed by atoms with Gasteiger partial charge in [-0.1, -0.05) is 18.2 Å². The number of nitrogens with one attached hydrogen (secondary N) is 1. The molecule has 1 fully saturated rings. The maximum atomic E-state index is 12.7. The number of nitrogens with zero attached hydrogens (tertiary/aromatic N) is 2. The molecule has 0 aliphatic carbocycles. The molecular formula is C19H21N3O3. The molecule has 1 aromatic heterocycles. The number of carbonyl (C=O) groups is 3. The molecule has 2 aliphatic heterocycles. The van der Waals surface area contributed by atoms with E-state index >= 15 is 0 Å². The van der Waals surface area contributed by atoms with Crippen LogP contribution in [0.4, 0.5) is 0 Å². The summed E-state index contributed by atoms with van der Waals surface area (Å²) >= 11 is 0. The fourth-order valence-corrected chi connectivity index (χ4v) is 3.99. The standard InChI is InChI=1S/C19H21N3O3/c1-12-19-14(13-4-2-3-5-15(13)20-19)8-10-21(12)18(25)9-11-22-16(23)6-7-17(22)24/h2-5,12,20H,6-11H2,1H3/t12-/m1/s1. The lowest BCUT2D eigenvalue weighted by molar-refractivity contribution is -0.140. The van der Waals surface area contributed by atoms with Crippen LogP contribution in [0.25, 0.3) is 10.9 Å². The van der Waals surface area contributed by atoms with Gasteiger partial charge in [0.1, 0.15) is 0 Å². The molecule has 25 heavy (non-hydrogen) atoms. The summed E-state index contributed by atoms with van der Waals surface area (Å²) in [5.74, 6) is -0.339. The van der Waals surface area contributed by atoms with E-state index in [9.17, 15) is 14.4 Å². The molecule has 3 heterocycles. The van der Waals surface area contributed by atoms with E-state index in [0.29, 0.717) is 6.54 Å². The van der Waals surface area contributed by atoms with E-state index < -0.39 is 0 Å². The number of carbonyl (C=O) groups excluding carboxylic acids is 3. The van der Waals surface area contributed by atoms with Gasteiger partial charge in [-0.25, -0.2) is 0 Å². The highest BCUT2D eigenvalue weighted by Crippen LogP contribution is 2.34. The highest BCUT2D eigenvalue weighted by molar-refractivity contribution is 6.02. The van der Waals surface area contributed by atoms with Crippen LogP contribution in [-0.2, 0) is 20.8 Å². The fraction of sp³-hybridized carbons (Fsp3) is 0.421. The number of rotatable bonds is 3. The lowest BCUT2D eigenvalue weighted by atomic mass is 9.98. The van der Waals surface area contributed by atoms with Crippen molar-refractivity contribution in [1.29, 1.82) is 0 Å². The summed E-state index contributed by atoms with van der Waals surface area (Å²) in [5, 5.41) is 1.23. The summed E-state index contributed by atoms with van der Waals surface area (Å²) in [7, 11) is 0. The predicted molar refractivity (Wildman–Crippen MR) is 92.7 cm³/mol. The van der Waals surface area contributed by atoms with E-state index in [2.05, 4.69) is 17.1 Å². The van der Waals surface area contributed by atoms with Gasteiger partial charge < -0.3 is 9.88 Å². The van der Waals surface area contributed by atoms with E-state index in [-0.39, 0.29) is 49.6 Å². The van der Waals surface area contributed by atoms with Gasteiger partial charge in [0.25, 0.3) is 0 Å². The first-order chi connectivity index (χ1) is 12.1. The zero-order chi connectivity index (χ0) is 17.6. The molecular weight excluding hydrogens is 318 g/mol. The Kier molecular flexibility index (Phi) is 3.82. The average molecular weight is 339 g/mol. The number of imide groups is 1.